The second-order valence-electron chi connectivity index (χ2n) is 6.99. The van der Waals surface area contributed by atoms with Crippen molar-refractivity contribution >= 4 is 5.69 Å². The molecule has 1 fully saturated rings. The summed E-state index contributed by atoms with van der Waals surface area (Å²) in [5.41, 5.74) is 2.77. The summed E-state index contributed by atoms with van der Waals surface area (Å²) in [5.74, 6) is 0.700. The van der Waals surface area contributed by atoms with Gasteiger partial charge in [-0.25, -0.2) is 0 Å². The Balaban J connectivity index is 1.62. The number of hydrogen-bond donors (Lipinski definition) is 1. The quantitative estimate of drug-likeness (QED) is 0.897. The number of fused-ring (bicyclic) bond motifs is 1. The van der Waals surface area contributed by atoms with Crippen molar-refractivity contribution < 1.29 is 4.74 Å². The van der Waals surface area contributed by atoms with Crippen LogP contribution in [0.3, 0.4) is 0 Å². The van der Waals surface area contributed by atoms with Crippen molar-refractivity contribution in [2.75, 3.05) is 31.5 Å². The standard InChI is InChI=1S/C17H26N2O/c1-13-10-19(12-17(2,3)20-13)11-14-8-15-6-4-5-7-16(15)18-9-14/h4-7,13-14,18H,8-12H2,1-3H3. The Hall–Kier alpha value is -1.06. The number of morpholine rings is 1. The minimum absolute atomic E-state index is 0.0162. The second-order valence-corrected chi connectivity index (χ2v) is 6.99. The van der Waals surface area contributed by atoms with Crippen molar-refractivity contribution in [1.29, 1.82) is 0 Å². The van der Waals surface area contributed by atoms with E-state index in [1.165, 1.54) is 24.2 Å². The van der Waals surface area contributed by atoms with Crippen molar-refractivity contribution in [2.24, 2.45) is 5.92 Å². The first kappa shape index (κ1) is 13.9. The maximum absolute atomic E-state index is 5.99. The molecule has 0 saturated carbocycles. The molecule has 0 amide bonds. The molecule has 20 heavy (non-hydrogen) atoms. The summed E-state index contributed by atoms with van der Waals surface area (Å²) < 4.78 is 5.99. The molecule has 2 unspecified atom stereocenters. The van der Waals surface area contributed by atoms with Crippen molar-refractivity contribution in [3.05, 3.63) is 29.8 Å². The van der Waals surface area contributed by atoms with Gasteiger partial charge in [-0.3, -0.25) is 4.90 Å². The fourth-order valence-electron chi connectivity index (χ4n) is 3.73. The summed E-state index contributed by atoms with van der Waals surface area (Å²) in [6, 6.07) is 8.69. The van der Waals surface area contributed by atoms with Gasteiger partial charge in [0, 0.05) is 31.9 Å². The number of rotatable bonds is 2. The topological polar surface area (TPSA) is 24.5 Å². The van der Waals surface area contributed by atoms with Crippen LogP contribution in [0.1, 0.15) is 26.3 Å². The molecule has 1 N–H and O–H groups in total. The summed E-state index contributed by atoms with van der Waals surface area (Å²) >= 11 is 0. The molecule has 0 aromatic heterocycles. The molecule has 3 heteroatoms. The van der Waals surface area contributed by atoms with Crippen LogP contribution < -0.4 is 5.32 Å². The van der Waals surface area contributed by atoms with Crippen LogP contribution in [-0.2, 0) is 11.2 Å². The van der Waals surface area contributed by atoms with Gasteiger partial charge in [-0.15, -0.1) is 0 Å². The molecule has 0 bridgehead atoms. The normalized spacial score (nSPS) is 29.6. The van der Waals surface area contributed by atoms with Crippen LogP contribution in [0.25, 0.3) is 0 Å². The van der Waals surface area contributed by atoms with Gasteiger partial charge < -0.3 is 10.1 Å². The predicted molar refractivity (Wildman–Crippen MR) is 83.2 cm³/mol. The lowest BCUT2D eigenvalue weighted by Gasteiger charge is -2.43. The summed E-state index contributed by atoms with van der Waals surface area (Å²) in [5, 5.41) is 3.58. The first-order valence-corrected chi connectivity index (χ1v) is 7.74. The number of ether oxygens (including phenoxy) is 1. The van der Waals surface area contributed by atoms with E-state index < -0.39 is 0 Å². The van der Waals surface area contributed by atoms with Gasteiger partial charge in [0.2, 0.25) is 0 Å². The Morgan fingerprint density at radius 1 is 1.35 bits per heavy atom. The number of benzene rings is 1. The monoisotopic (exact) mass is 274 g/mol. The van der Waals surface area contributed by atoms with Crippen molar-refractivity contribution in [1.82, 2.24) is 4.90 Å². The first-order chi connectivity index (χ1) is 9.52. The molecular weight excluding hydrogens is 248 g/mol. The Bertz CT molecular complexity index is 472. The van der Waals surface area contributed by atoms with Gasteiger partial charge in [-0.2, -0.15) is 0 Å². The van der Waals surface area contributed by atoms with E-state index in [-0.39, 0.29) is 5.60 Å². The molecule has 1 saturated heterocycles. The number of hydrogen-bond acceptors (Lipinski definition) is 3. The van der Waals surface area contributed by atoms with E-state index in [0.717, 1.165) is 19.6 Å². The number of nitrogens with one attached hydrogen (secondary N) is 1. The highest BCUT2D eigenvalue weighted by atomic mass is 16.5. The molecule has 0 radical (unpaired) electrons. The van der Waals surface area contributed by atoms with Crippen LogP contribution in [0.5, 0.6) is 0 Å². The average molecular weight is 274 g/mol. The van der Waals surface area contributed by atoms with Crippen LogP contribution in [0.4, 0.5) is 5.69 Å². The second kappa shape index (κ2) is 5.38. The number of nitrogens with zero attached hydrogens (tertiary/aromatic N) is 1. The molecule has 2 aliphatic heterocycles. The smallest absolute Gasteiger partial charge is 0.0757 e. The Labute approximate surface area is 122 Å². The van der Waals surface area contributed by atoms with E-state index in [4.69, 9.17) is 4.74 Å². The van der Waals surface area contributed by atoms with Crippen LogP contribution in [0.2, 0.25) is 0 Å². The highest BCUT2D eigenvalue weighted by Gasteiger charge is 2.32. The summed E-state index contributed by atoms with van der Waals surface area (Å²) in [6.07, 6.45) is 1.53. The van der Waals surface area contributed by atoms with Crippen LogP contribution in [0.15, 0.2) is 24.3 Å². The lowest BCUT2D eigenvalue weighted by Crippen LogP contribution is -2.53. The molecule has 110 valence electrons. The Morgan fingerprint density at radius 2 is 2.15 bits per heavy atom. The van der Waals surface area contributed by atoms with Crippen molar-refractivity contribution in [2.45, 2.75) is 38.9 Å². The van der Waals surface area contributed by atoms with E-state index in [2.05, 4.69) is 55.3 Å². The maximum atomic E-state index is 5.99. The average Bonchev–Trinajstić information content (AvgIpc) is 2.36. The van der Waals surface area contributed by atoms with Crippen molar-refractivity contribution in [3.63, 3.8) is 0 Å². The maximum Gasteiger partial charge on any atom is 0.0757 e. The Kier molecular flexibility index (Phi) is 3.74. The third-order valence-corrected chi connectivity index (χ3v) is 4.26. The zero-order chi connectivity index (χ0) is 14.2. The van der Waals surface area contributed by atoms with E-state index in [1.807, 2.05) is 0 Å². The van der Waals surface area contributed by atoms with E-state index in [0.29, 0.717) is 12.0 Å². The van der Waals surface area contributed by atoms with Gasteiger partial charge in [-0.05, 0) is 44.7 Å². The highest BCUT2D eigenvalue weighted by molar-refractivity contribution is 5.53. The molecule has 2 aliphatic rings. The van der Waals surface area contributed by atoms with Gasteiger partial charge in [0.05, 0.1) is 11.7 Å². The molecule has 0 aliphatic carbocycles. The number of para-hydroxylation sites is 1. The molecular formula is C17H26N2O. The van der Waals surface area contributed by atoms with Gasteiger partial charge in [0.25, 0.3) is 0 Å². The highest BCUT2D eigenvalue weighted by Crippen LogP contribution is 2.27. The zero-order valence-electron chi connectivity index (χ0n) is 12.9. The minimum atomic E-state index is -0.0162. The zero-order valence-corrected chi connectivity index (χ0v) is 12.9. The lowest BCUT2D eigenvalue weighted by molar-refractivity contribution is -0.130. The van der Waals surface area contributed by atoms with Crippen LogP contribution in [0, 0.1) is 5.92 Å². The largest absolute Gasteiger partial charge is 0.384 e. The molecule has 1 aromatic rings. The fourth-order valence-corrected chi connectivity index (χ4v) is 3.73. The SMILES string of the molecule is CC1CN(CC2CNc3ccccc3C2)CC(C)(C)O1. The molecule has 0 spiro atoms. The van der Waals surface area contributed by atoms with E-state index in [1.54, 1.807) is 0 Å². The molecule has 3 nitrogen and oxygen atoms in total. The predicted octanol–water partition coefficient (Wildman–Crippen LogP) is 2.77. The third kappa shape index (κ3) is 3.15. The summed E-state index contributed by atoms with van der Waals surface area (Å²) in [4.78, 5) is 2.58. The van der Waals surface area contributed by atoms with Crippen LogP contribution >= 0.6 is 0 Å². The van der Waals surface area contributed by atoms with Crippen LogP contribution in [-0.4, -0.2) is 42.8 Å². The fraction of sp³-hybridized carbons (Fsp3) is 0.647. The molecule has 3 rings (SSSR count). The summed E-state index contributed by atoms with van der Waals surface area (Å²) in [7, 11) is 0. The van der Waals surface area contributed by atoms with Gasteiger partial charge in [0.1, 0.15) is 0 Å². The number of anilines is 1. The first-order valence-electron chi connectivity index (χ1n) is 7.74. The lowest BCUT2D eigenvalue weighted by atomic mass is 9.92. The third-order valence-electron chi connectivity index (χ3n) is 4.26. The van der Waals surface area contributed by atoms with Gasteiger partial charge in [0.15, 0.2) is 0 Å². The minimum Gasteiger partial charge on any atom is -0.384 e. The summed E-state index contributed by atoms with van der Waals surface area (Å²) in [6.45, 7) is 10.9. The van der Waals surface area contributed by atoms with Crippen molar-refractivity contribution in [3.8, 4) is 0 Å². The molecule has 2 heterocycles. The van der Waals surface area contributed by atoms with E-state index >= 15 is 0 Å². The Morgan fingerprint density at radius 3 is 2.95 bits per heavy atom. The van der Waals surface area contributed by atoms with Gasteiger partial charge >= 0.3 is 0 Å². The van der Waals surface area contributed by atoms with E-state index in [9.17, 15) is 0 Å². The molecule has 1 aromatic carbocycles. The molecule has 2 atom stereocenters. The van der Waals surface area contributed by atoms with Gasteiger partial charge in [-0.1, -0.05) is 18.2 Å².